The van der Waals surface area contributed by atoms with Crippen molar-refractivity contribution in [3.05, 3.63) is 52.5 Å². The van der Waals surface area contributed by atoms with Crippen molar-refractivity contribution in [1.82, 2.24) is 0 Å². The van der Waals surface area contributed by atoms with Crippen molar-refractivity contribution in [1.29, 1.82) is 0 Å². The van der Waals surface area contributed by atoms with Crippen molar-refractivity contribution < 1.29 is 4.39 Å². The molecule has 2 nitrogen and oxygen atoms in total. The van der Waals surface area contributed by atoms with E-state index in [1.807, 2.05) is 12.1 Å². The summed E-state index contributed by atoms with van der Waals surface area (Å²) in [5, 5.41) is 4.29. The van der Waals surface area contributed by atoms with Gasteiger partial charge in [0, 0.05) is 19.1 Å². The average molecular weight is 290 g/mol. The molecule has 0 spiro atoms. The zero-order valence-corrected chi connectivity index (χ0v) is 12.2. The fraction of sp³-hybridized carbons (Fsp3) is 0.375. The smallest absolute Gasteiger partial charge is 0.146 e. The fourth-order valence-electron chi connectivity index (χ4n) is 3.04. The molecule has 1 aromatic heterocycles. The van der Waals surface area contributed by atoms with Gasteiger partial charge >= 0.3 is 0 Å². The van der Waals surface area contributed by atoms with Crippen LogP contribution in [0.2, 0.25) is 0 Å². The maximum Gasteiger partial charge on any atom is 0.146 e. The summed E-state index contributed by atoms with van der Waals surface area (Å²) >= 11 is 1.72. The maximum atomic E-state index is 13.9. The minimum atomic E-state index is -0.157. The molecule has 2 heterocycles. The van der Waals surface area contributed by atoms with Crippen LogP contribution in [0.1, 0.15) is 12.0 Å². The number of halogens is 1. The number of para-hydroxylation sites is 1. The van der Waals surface area contributed by atoms with Crippen LogP contribution in [-0.4, -0.2) is 19.1 Å². The van der Waals surface area contributed by atoms with Crippen LogP contribution < -0.4 is 10.6 Å². The quantitative estimate of drug-likeness (QED) is 0.940. The van der Waals surface area contributed by atoms with Crippen molar-refractivity contribution >= 4 is 17.0 Å². The molecular formula is C16H19FN2S. The van der Waals surface area contributed by atoms with E-state index in [0.29, 0.717) is 11.6 Å². The number of rotatable bonds is 3. The zero-order chi connectivity index (χ0) is 13.9. The Balaban J connectivity index is 1.75. The molecule has 106 valence electrons. The topological polar surface area (TPSA) is 29.3 Å². The molecule has 0 amide bonds. The molecule has 1 aliphatic rings. The Morgan fingerprint density at radius 1 is 1.25 bits per heavy atom. The monoisotopic (exact) mass is 290 g/mol. The molecule has 1 saturated heterocycles. The Kier molecular flexibility index (Phi) is 4.03. The fourth-order valence-corrected chi connectivity index (χ4v) is 3.72. The van der Waals surface area contributed by atoms with E-state index < -0.39 is 0 Å². The number of hydrogen-bond acceptors (Lipinski definition) is 3. The molecule has 20 heavy (non-hydrogen) atoms. The first kappa shape index (κ1) is 13.6. The molecule has 0 saturated carbocycles. The Morgan fingerprint density at radius 2 is 2.10 bits per heavy atom. The van der Waals surface area contributed by atoms with Gasteiger partial charge < -0.3 is 10.6 Å². The summed E-state index contributed by atoms with van der Waals surface area (Å²) in [7, 11) is 0. The summed E-state index contributed by atoms with van der Waals surface area (Å²) < 4.78 is 13.9. The molecular weight excluding hydrogens is 271 g/mol. The number of nitrogens with zero attached hydrogens (tertiary/aromatic N) is 1. The number of nitrogens with two attached hydrogens (primary N) is 1. The Labute approximate surface area is 123 Å². The molecule has 2 atom stereocenters. The molecule has 4 heteroatoms. The first-order valence-electron chi connectivity index (χ1n) is 6.98. The Hall–Kier alpha value is -1.39. The first-order valence-corrected chi connectivity index (χ1v) is 7.93. The van der Waals surface area contributed by atoms with Gasteiger partial charge in [0.1, 0.15) is 5.82 Å². The summed E-state index contributed by atoms with van der Waals surface area (Å²) in [6, 6.07) is 9.25. The Morgan fingerprint density at radius 3 is 2.85 bits per heavy atom. The Bertz CT molecular complexity index is 555. The number of benzene rings is 1. The molecule has 1 aromatic carbocycles. The maximum absolute atomic E-state index is 13.9. The molecule has 0 bridgehead atoms. The molecule has 2 unspecified atom stereocenters. The van der Waals surface area contributed by atoms with Crippen LogP contribution in [0.15, 0.2) is 41.1 Å². The number of thiophene rings is 1. The lowest BCUT2D eigenvalue weighted by Gasteiger charge is -2.38. The second-order valence-electron chi connectivity index (χ2n) is 5.55. The number of anilines is 1. The predicted octanol–water partition coefficient (Wildman–Crippen LogP) is 3.28. The van der Waals surface area contributed by atoms with E-state index in [1.54, 1.807) is 17.4 Å². The van der Waals surface area contributed by atoms with Crippen LogP contribution in [0, 0.1) is 11.7 Å². The van der Waals surface area contributed by atoms with Crippen LogP contribution in [0.25, 0.3) is 0 Å². The van der Waals surface area contributed by atoms with Gasteiger partial charge in [0.05, 0.1) is 5.69 Å². The summed E-state index contributed by atoms with van der Waals surface area (Å²) in [5.74, 6) is 0.337. The lowest BCUT2D eigenvalue weighted by atomic mass is 9.89. The highest BCUT2D eigenvalue weighted by atomic mass is 32.1. The van der Waals surface area contributed by atoms with Gasteiger partial charge in [-0.2, -0.15) is 11.3 Å². The van der Waals surface area contributed by atoms with Gasteiger partial charge in [-0.15, -0.1) is 0 Å². The highest BCUT2D eigenvalue weighted by Crippen LogP contribution is 2.27. The standard InChI is InChI=1S/C16H19FN2S/c17-15-3-1-2-4-16(15)19-9-13(8-14(18)10-19)7-12-5-6-20-11-12/h1-6,11,13-14H,7-10,18H2. The van der Waals surface area contributed by atoms with Crippen molar-refractivity contribution in [2.24, 2.45) is 11.7 Å². The molecule has 0 radical (unpaired) electrons. The van der Waals surface area contributed by atoms with Gasteiger partial charge in [-0.3, -0.25) is 0 Å². The van der Waals surface area contributed by atoms with Crippen molar-refractivity contribution in [3.63, 3.8) is 0 Å². The third-order valence-corrected chi connectivity index (χ3v) is 4.60. The lowest BCUT2D eigenvalue weighted by Crippen LogP contribution is -2.47. The molecule has 2 aromatic rings. The molecule has 3 rings (SSSR count). The van der Waals surface area contributed by atoms with Crippen LogP contribution in [0.4, 0.5) is 10.1 Å². The van der Waals surface area contributed by atoms with E-state index in [0.717, 1.165) is 25.9 Å². The molecule has 0 aliphatic carbocycles. The van der Waals surface area contributed by atoms with E-state index in [2.05, 4.69) is 21.7 Å². The van der Waals surface area contributed by atoms with E-state index in [9.17, 15) is 4.39 Å². The van der Waals surface area contributed by atoms with Gasteiger partial charge in [0.25, 0.3) is 0 Å². The van der Waals surface area contributed by atoms with E-state index in [1.165, 1.54) is 11.6 Å². The summed E-state index contributed by atoms with van der Waals surface area (Å²) in [5.41, 5.74) is 8.21. The molecule has 1 aliphatic heterocycles. The zero-order valence-electron chi connectivity index (χ0n) is 11.3. The van der Waals surface area contributed by atoms with Gasteiger partial charge in [-0.1, -0.05) is 12.1 Å². The largest absolute Gasteiger partial charge is 0.367 e. The first-order chi connectivity index (χ1) is 9.72. The molecule has 1 fully saturated rings. The second-order valence-corrected chi connectivity index (χ2v) is 6.33. The van der Waals surface area contributed by atoms with Gasteiger partial charge in [-0.05, 0) is 53.3 Å². The van der Waals surface area contributed by atoms with Gasteiger partial charge in [0.15, 0.2) is 0 Å². The van der Waals surface area contributed by atoms with Crippen molar-refractivity contribution in [2.75, 3.05) is 18.0 Å². The minimum absolute atomic E-state index is 0.118. The number of piperidine rings is 1. The van der Waals surface area contributed by atoms with E-state index in [4.69, 9.17) is 5.73 Å². The summed E-state index contributed by atoms with van der Waals surface area (Å²) in [6.45, 7) is 1.62. The van der Waals surface area contributed by atoms with Crippen LogP contribution in [0.5, 0.6) is 0 Å². The van der Waals surface area contributed by atoms with Crippen LogP contribution >= 0.6 is 11.3 Å². The normalized spacial score (nSPS) is 23.0. The third-order valence-electron chi connectivity index (χ3n) is 3.87. The molecule has 2 N–H and O–H groups in total. The third kappa shape index (κ3) is 3.02. The van der Waals surface area contributed by atoms with Crippen molar-refractivity contribution in [3.8, 4) is 0 Å². The van der Waals surface area contributed by atoms with Crippen LogP contribution in [-0.2, 0) is 6.42 Å². The average Bonchev–Trinajstić information content (AvgIpc) is 2.91. The lowest BCUT2D eigenvalue weighted by molar-refractivity contribution is 0.372. The van der Waals surface area contributed by atoms with Gasteiger partial charge in [0.2, 0.25) is 0 Å². The SMILES string of the molecule is NC1CC(Cc2ccsc2)CN(c2ccccc2F)C1. The van der Waals surface area contributed by atoms with Crippen LogP contribution in [0.3, 0.4) is 0 Å². The minimum Gasteiger partial charge on any atom is -0.367 e. The van der Waals surface area contributed by atoms with E-state index in [-0.39, 0.29) is 11.9 Å². The van der Waals surface area contributed by atoms with E-state index >= 15 is 0 Å². The second kappa shape index (κ2) is 5.94. The number of hydrogen-bond donors (Lipinski definition) is 1. The summed E-state index contributed by atoms with van der Waals surface area (Å²) in [4.78, 5) is 2.10. The highest BCUT2D eigenvalue weighted by molar-refractivity contribution is 7.07. The van der Waals surface area contributed by atoms with Gasteiger partial charge in [-0.25, -0.2) is 4.39 Å². The van der Waals surface area contributed by atoms with Crippen molar-refractivity contribution in [2.45, 2.75) is 18.9 Å². The highest BCUT2D eigenvalue weighted by Gasteiger charge is 2.26. The summed E-state index contributed by atoms with van der Waals surface area (Å²) in [6.07, 6.45) is 2.04. The predicted molar refractivity (Wildman–Crippen MR) is 82.7 cm³/mol.